The summed E-state index contributed by atoms with van der Waals surface area (Å²) in [6, 6.07) is 22.7. The molecule has 4 aliphatic rings. The van der Waals surface area contributed by atoms with E-state index < -0.39 is 100 Å². The Bertz CT molecular complexity index is 2420. The molecular formula is C49H50O15. The van der Waals surface area contributed by atoms with Crippen molar-refractivity contribution in [3.8, 4) is 5.75 Å². The SMILES string of the molecule is CC(=O)O[C@H]1C(=O)[C@]2(C)[C@@H](OC(=O)/C=C/c3ccc(C(=O)Oc4ccccc4)cc3)C[C@H]3OC[C@@]3(OC(C)=O)[C@H]2[C@H](OC(=O)c2ccccc2)[C@]2(O)C[C@H](OC(C)=O)C(C)=C1C2(C)C. The number of hydrogen-bond donors (Lipinski definition) is 1. The number of Topliss-reactive ketones (excluding diaryl/α,β-unsaturated/α-hetero) is 1. The lowest BCUT2D eigenvalue weighted by Gasteiger charge is -2.67. The van der Waals surface area contributed by atoms with Gasteiger partial charge in [-0.2, -0.15) is 0 Å². The van der Waals surface area contributed by atoms with Crippen LogP contribution in [0.5, 0.6) is 5.75 Å². The summed E-state index contributed by atoms with van der Waals surface area (Å²) in [6.45, 7) is 9.37. The normalized spacial score (nSPS) is 30.2. The highest BCUT2D eigenvalue weighted by Gasteiger charge is 2.79. The van der Waals surface area contributed by atoms with Gasteiger partial charge in [-0.25, -0.2) is 14.4 Å². The third-order valence-electron chi connectivity index (χ3n) is 13.2. The fraction of sp³-hybridized carbons (Fsp3) is 0.408. The zero-order valence-corrected chi connectivity index (χ0v) is 36.5. The number of ether oxygens (including phenoxy) is 7. The molecule has 3 fully saturated rings. The molecule has 7 rings (SSSR count). The van der Waals surface area contributed by atoms with Crippen LogP contribution in [0.25, 0.3) is 6.08 Å². The quantitative estimate of drug-likeness (QED) is 0.0852. The Morgan fingerprint density at radius 1 is 0.750 bits per heavy atom. The number of benzene rings is 3. The van der Waals surface area contributed by atoms with Gasteiger partial charge in [-0.1, -0.05) is 62.4 Å². The predicted octanol–water partition coefficient (Wildman–Crippen LogP) is 5.71. The molecule has 64 heavy (non-hydrogen) atoms. The van der Waals surface area contributed by atoms with Crippen LogP contribution < -0.4 is 4.74 Å². The van der Waals surface area contributed by atoms with Crippen molar-refractivity contribution in [2.24, 2.45) is 16.7 Å². The average molecular weight is 879 g/mol. The number of esters is 6. The first-order valence-electron chi connectivity index (χ1n) is 20.9. The first-order valence-corrected chi connectivity index (χ1v) is 20.9. The molecule has 0 spiro atoms. The van der Waals surface area contributed by atoms with Gasteiger partial charge in [-0.05, 0) is 73.0 Å². The Morgan fingerprint density at radius 2 is 1.36 bits per heavy atom. The lowest BCUT2D eigenvalue weighted by Crippen LogP contribution is -2.82. The molecule has 1 saturated heterocycles. The maximum Gasteiger partial charge on any atom is 0.343 e. The van der Waals surface area contributed by atoms with Gasteiger partial charge in [0.15, 0.2) is 17.5 Å². The average Bonchev–Trinajstić information content (AvgIpc) is 3.24. The van der Waals surface area contributed by atoms with E-state index in [4.69, 9.17) is 33.2 Å². The van der Waals surface area contributed by atoms with E-state index in [2.05, 4.69) is 0 Å². The van der Waals surface area contributed by atoms with Crippen molar-refractivity contribution >= 4 is 47.7 Å². The summed E-state index contributed by atoms with van der Waals surface area (Å²) in [5.41, 5.74) is -6.49. The van der Waals surface area contributed by atoms with Crippen LogP contribution >= 0.6 is 0 Å². The highest BCUT2D eigenvalue weighted by atomic mass is 16.6. The molecule has 3 aromatic carbocycles. The summed E-state index contributed by atoms with van der Waals surface area (Å²) >= 11 is 0. The van der Waals surface area contributed by atoms with Crippen molar-refractivity contribution in [1.29, 1.82) is 0 Å². The molecule has 15 heteroatoms. The maximum absolute atomic E-state index is 15.9. The zero-order valence-electron chi connectivity index (χ0n) is 36.5. The smallest absolute Gasteiger partial charge is 0.343 e. The Balaban J connectivity index is 1.35. The van der Waals surface area contributed by atoms with Crippen LogP contribution in [0.2, 0.25) is 0 Å². The Kier molecular flexibility index (Phi) is 12.3. The van der Waals surface area contributed by atoms with E-state index in [1.54, 1.807) is 81.4 Å². The van der Waals surface area contributed by atoms with Gasteiger partial charge in [0.1, 0.15) is 35.8 Å². The van der Waals surface area contributed by atoms with Gasteiger partial charge < -0.3 is 38.3 Å². The number of para-hydroxylation sites is 1. The molecule has 1 aliphatic heterocycles. The summed E-state index contributed by atoms with van der Waals surface area (Å²) in [5.74, 6) is -6.78. The molecule has 15 nitrogen and oxygen atoms in total. The molecule has 0 unspecified atom stereocenters. The lowest BCUT2D eigenvalue weighted by atomic mass is 9.44. The molecule has 9 atom stereocenters. The van der Waals surface area contributed by atoms with Crippen molar-refractivity contribution in [1.82, 2.24) is 0 Å². The highest BCUT2D eigenvalue weighted by Crippen LogP contribution is 2.65. The number of hydrogen-bond acceptors (Lipinski definition) is 15. The van der Waals surface area contributed by atoms with E-state index in [1.807, 2.05) is 0 Å². The van der Waals surface area contributed by atoms with E-state index in [0.717, 1.165) is 19.9 Å². The number of ketones is 1. The monoisotopic (exact) mass is 878 g/mol. The highest BCUT2D eigenvalue weighted by molar-refractivity contribution is 5.96. The van der Waals surface area contributed by atoms with Crippen molar-refractivity contribution in [2.45, 2.75) is 103 Å². The van der Waals surface area contributed by atoms with Gasteiger partial charge >= 0.3 is 35.8 Å². The second-order valence-corrected chi connectivity index (χ2v) is 17.4. The van der Waals surface area contributed by atoms with E-state index in [9.17, 15) is 33.9 Å². The summed E-state index contributed by atoms with van der Waals surface area (Å²) < 4.78 is 41.9. The Labute approximate surface area is 369 Å². The second-order valence-electron chi connectivity index (χ2n) is 17.4. The summed E-state index contributed by atoms with van der Waals surface area (Å²) in [5, 5.41) is 13.6. The van der Waals surface area contributed by atoms with Gasteiger partial charge in [-0.15, -0.1) is 0 Å². The van der Waals surface area contributed by atoms with Crippen LogP contribution in [0.15, 0.2) is 102 Å². The summed E-state index contributed by atoms with van der Waals surface area (Å²) in [7, 11) is 0. The molecule has 0 aromatic heterocycles. The molecule has 2 saturated carbocycles. The van der Waals surface area contributed by atoms with Crippen molar-refractivity contribution in [3.05, 3.63) is 119 Å². The van der Waals surface area contributed by atoms with Gasteiger partial charge in [-0.3, -0.25) is 19.2 Å². The van der Waals surface area contributed by atoms with E-state index in [0.29, 0.717) is 16.9 Å². The van der Waals surface area contributed by atoms with Crippen molar-refractivity contribution in [3.63, 3.8) is 0 Å². The van der Waals surface area contributed by atoms with Gasteiger partial charge in [0.25, 0.3) is 0 Å². The zero-order chi connectivity index (χ0) is 46.4. The number of carbonyl (C=O) groups is 7. The Hall–Kier alpha value is -6.45. The molecule has 0 amide bonds. The molecule has 2 bridgehead atoms. The standard InChI is InChI=1S/C49H50O15/c1-27-35(59-28(2)50)25-49(57)43(63-45(56)32-14-10-8-11-15-32)41-47(7,42(54)40(60-29(3)51)39(27)46(49,5)6)36(24-37-48(41,26-58-37)64-30(4)52)62-38(53)23-20-31-18-21-33(22-19-31)44(55)61-34-16-12-9-13-17-34/h8-23,35-37,40-41,43,57H,24-26H2,1-7H3/b23-20+/t35-,36-,37+,40+,41-,43-,47+,48-,49+/m0/s1. The third-order valence-corrected chi connectivity index (χ3v) is 13.2. The van der Waals surface area contributed by atoms with Crippen LogP contribution in [-0.2, 0) is 52.4 Å². The molecule has 3 aromatic rings. The lowest BCUT2D eigenvalue weighted by molar-refractivity contribution is -0.346. The maximum atomic E-state index is 15.9. The van der Waals surface area contributed by atoms with Gasteiger partial charge in [0, 0.05) is 45.1 Å². The number of carbonyl (C=O) groups excluding carboxylic acids is 7. The van der Waals surface area contributed by atoms with Crippen LogP contribution in [0.1, 0.15) is 87.6 Å². The van der Waals surface area contributed by atoms with E-state index in [1.165, 1.54) is 44.2 Å². The van der Waals surface area contributed by atoms with Crippen LogP contribution in [-0.4, -0.2) is 95.0 Å². The largest absolute Gasteiger partial charge is 0.458 e. The minimum Gasteiger partial charge on any atom is -0.458 e. The van der Waals surface area contributed by atoms with Crippen molar-refractivity contribution in [2.75, 3.05) is 6.61 Å². The number of fused-ring (bicyclic) bond motifs is 5. The fourth-order valence-corrected chi connectivity index (χ4v) is 10.1. The van der Waals surface area contributed by atoms with Gasteiger partial charge in [0.05, 0.1) is 29.1 Å². The number of rotatable bonds is 10. The second kappa shape index (κ2) is 17.3. The van der Waals surface area contributed by atoms with Gasteiger partial charge in [0.2, 0.25) is 0 Å². The third kappa shape index (κ3) is 8.02. The topological polar surface area (TPSA) is 204 Å². The fourth-order valence-electron chi connectivity index (χ4n) is 10.1. The summed E-state index contributed by atoms with van der Waals surface area (Å²) in [6.07, 6.45) is -5.31. The molecule has 3 aliphatic carbocycles. The predicted molar refractivity (Wildman–Crippen MR) is 225 cm³/mol. The van der Waals surface area contributed by atoms with Crippen LogP contribution in [0, 0.1) is 16.7 Å². The first kappa shape index (κ1) is 45.6. The van der Waals surface area contributed by atoms with Crippen LogP contribution in [0.4, 0.5) is 0 Å². The molecule has 0 radical (unpaired) electrons. The minimum atomic E-state index is -2.28. The molecular weight excluding hydrogens is 829 g/mol. The van der Waals surface area contributed by atoms with E-state index >= 15 is 4.79 Å². The molecule has 336 valence electrons. The van der Waals surface area contributed by atoms with Crippen molar-refractivity contribution < 1.29 is 71.8 Å². The first-order chi connectivity index (χ1) is 30.2. The minimum absolute atomic E-state index is 0.0859. The summed E-state index contributed by atoms with van der Waals surface area (Å²) in [4.78, 5) is 95.7. The molecule has 1 N–H and O–H groups in total. The molecule has 1 heterocycles. The number of aliphatic hydroxyl groups is 1. The van der Waals surface area contributed by atoms with Crippen LogP contribution in [0.3, 0.4) is 0 Å². The van der Waals surface area contributed by atoms with E-state index in [-0.39, 0.29) is 36.1 Å². The Morgan fingerprint density at radius 3 is 1.94 bits per heavy atom.